The average Bonchev–Trinajstić information content (AvgIpc) is 2.90. The van der Waals surface area contributed by atoms with Crippen LogP contribution in [0.3, 0.4) is 0 Å². The number of thiophene rings is 1. The van der Waals surface area contributed by atoms with Gasteiger partial charge in [-0.2, -0.15) is 5.26 Å². The largest absolute Gasteiger partial charge is 0.392 e. The minimum atomic E-state index is -0.0381. The Kier molecular flexibility index (Phi) is 3.98. The molecule has 1 heterocycles. The van der Waals surface area contributed by atoms with Crippen LogP contribution in [0.15, 0.2) is 35.7 Å². The Hall–Kier alpha value is -1.83. The Labute approximate surface area is 111 Å². The van der Waals surface area contributed by atoms with Crippen LogP contribution in [0.4, 0.5) is 5.69 Å². The van der Waals surface area contributed by atoms with Crippen molar-refractivity contribution in [3.05, 3.63) is 51.7 Å². The van der Waals surface area contributed by atoms with Gasteiger partial charge in [-0.05, 0) is 29.1 Å². The fourth-order valence-corrected chi connectivity index (χ4v) is 2.58. The Morgan fingerprint density at radius 3 is 2.83 bits per heavy atom. The van der Waals surface area contributed by atoms with Gasteiger partial charge in [0.25, 0.3) is 0 Å². The van der Waals surface area contributed by atoms with Gasteiger partial charge < -0.3 is 10.0 Å². The van der Waals surface area contributed by atoms with Crippen LogP contribution < -0.4 is 4.90 Å². The van der Waals surface area contributed by atoms with Crippen molar-refractivity contribution in [1.29, 1.82) is 5.26 Å². The van der Waals surface area contributed by atoms with Crippen LogP contribution in [0, 0.1) is 11.3 Å². The Bertz CT molecular complexity index is 558. The summed E-state index contributed by atoms with van der Waals surface area (Å²) in [7, 11) is 1.97. The molecule has 3 nitrogen and oxygen atoms in total. The number of nitrogens with zero attached hydrogens (tertiary/aromatic N) is 2. The lowest BCUT2D eigenvalue weighted by Crippen LogP contribution is -2.16. The van der Waals surface area contributed by atoms with Gasteiger partial charge in [-0.15, -0.1) is 11.3 Å². The Balaban J connectivity index is 2.24. The van der Waals surface area contributed by atoms with Gasteiger partial charge in [0.15, 0.2) is 0 Å². The summed E-state index contributed by atoms with van der Waals surface area (Å²) in [5.41, 5.74) is 2.25. The summed E-state index contributed by atoms with van der Waals surface area (Å²) in [6.45, 7) is 0.744. The van der Waals surface area contributed by atoms with Crippen molar-refractivity contribution in [2.75, 3.05) is 11.9 Å². The Morgan fingerprint density at radius 1 is 1.39 bits per heavy atom. The zero-order chi connectivity index (χ0) is 13.0. The fraction of sp³-hybridized carbons (Fsp3) is 0.214. The molecule has 0 unspecified atom stereocenters. The van der Waals surface area contributed by atoms with Gasteiger partial charge in [-0.3, -0.25) is 0 Å². The van der Waals surface area contributed by atoms with Crippen molar-refractivity contribution in [3.63, 3.8) is 0 Å². The molecule has 0 saturated carbocycles. The third kappa shape index (κ3) is 2.70. The fourth-order valence-electron chi connectivity index (χ4n) is 1.83. The van der Waals surface area contributed by atoms with Crippen molar-refractivity contribution < 1.29 is 5.11 Å². The number of aliphatic hydroxyl groups excluding tert-OH is 1. The van der Waals surface area contributed by atoms with E-state index in [0.29, 0.717) is 5.56 Å². The van der Waals surface area contributed by atoms with E-state index in [4.69, 9.17) is 10.4 Å². The summed E-state index contributed by atoms with van der Waals surface area (Å²) in [5.74, 6) is 0. The summed E-state index contributed by atoms with van der Waals surface area (Å²) in [5, 5.41) is 20.3. The smallest absolute Gasteiger partial charge is 0.101 e. The summed E-state index contributed by atoms with van der Waals surface area (Å²) < 4.78 is 0. The zero-order valence-corrected chi connectivity index (χ0v) is 10.9. The molecule has 18 heavy (non-hydrogen) atoms. The highest BCUT2D eigenvalue weighted by atomic mass is 32.1. The van der Waals surface area contributed by atoms with E-state index >= 15 is 0 Å². The van der Waals surface area contributed by atoms with Crippen LogP contribution in [-0.2, 0) is 13.2 Å². The average molecular weight is 258 g/mol. The lowest BCUT2D eigenvalue weighted by atomic mass is 10.1. The van der Waals surface area contributed by atoms with Crippen molar-refractivity contribution in [2.24, 2.45) is 0 Å². The van der Waals surface area contributed by atoms with Gasteiger partial charge in [0.05, 0.1) is 24.4 Å². The lowest BCUT2D eigenvalue weighted by Gasteiger charge is -2.20. The summed E-state index contributed by atoms with van der Waals surface area (Å²) in [4.78, 5) is 3.30. The lowest BCUT2D eigenvalue weighted by molar-refractivity contribution is 0.282. The van der Waals surface area contributed by atoms with Crippen LogP contribution in [-0.4, -0.2) is 12.2 Å². The molecule has 0 amide bonds. The molecule has 0 aliphatic carbocycles. The first-order valence-electron chi connectivity index (χ1n) is 5.62. The molecule has 1 aromatic carbocycles. The first kappa shape index (κ1) is 12.6. The second kappa shape index (κ2) is 5.67. The van der Waals surface area contributed by atoms with Crippen molar-refractivity contribution in [3.8, 4) is 6.07 Å². The number of rotatable bonds is 4. The molecule has 0 spiro atoms. The number of benzene rings is 1. The molecule has 0 bridgehead atoms. The first-order valence-corrected chi connectivity index (χ1v) is 6.50. The van der Waals surface area contributed by atoms with Crippen molar-refractivity contribution >= 4 is 17.0 Å². The summed E-state index contributed by atoms with van der Waals surface area (Å²) in [6.07, 6.45) is 0. The number of aliphatic hydroxyl groups is 1. The van der Waals surface area contributed by atoms with E-state index in [1.54, 1.807) is 17.4 Å². The van der Waals surface area contributed by atoms with E-state index in [2.05, 4.69) is 12.1 Å². The second-order valence-corrected chi connectivity index (χ2v) is 5.09. The third-order valence-corrected chi connectivity index (χ3v) is 3.61. The first-order chi connectivity index (χ1) is 8.74. The van der Waals surface area contributed by atoms with E-state index in [1.165, 1.54) is 4.88 Å². The Morgan fingerprint density at radius 2 is 2.22 bits per heavy atom. The highest BCUT2D eigenvalue weighted by molar-refractivity contribution is 7.09. The van der Waals surface area contributed by atoms with Crippen molar-refractivity contribution in [2.45, 2.75) is 13.2 Å². The van der Waals surface area contributed by atoms with E-state index in [1.807, 2.05) is 35.5 Å². The molecule has 92 valence electrons. The normalized spacial score (nSPS) is 10.1. The number of hydrogen-bond acceptors (Lipinski definition) is 4. The molecule has 0 fully saturated rings. The van der Waals surface area contributed by atoms with Gasteiger partial charge in [0.1, 0.15) is 6.07 Å². The molecular formula is C14H14N2OS. The highest BCUT2D eigenvalue weighted by Crippen LogP contribution is 2.23. The van der Waals surface area contributed by atoms with Crippen LogP contribution in [0.5, 0.6) is 0 Å². The monoisotopic (exact) mass is 258 g/mol. The summed E-state index contributed by atoms with van der Waals surface area (Å²) in [6, 6.07) is 11.8. The van der Waals surface area contributed by atoms with Gasteiger partial charge in [0, 0.05) is 11.9 Å². The highest BCUT2D eigenvalue weighted by Gasteiger charge is 2.09. The molecule has 0 radical (unpaired) electrons. The second-order valence-electron chi connectivity index (χ2n) is 4.06. The molecule has 1 aromatic heterocycles. The maximum absolute atomic E-state index is 9.16. The third-order valence-electron chi connectivity index (χ3n) is 2.75. The maximum atomic E-state index is 9.16. The van der Waals surface area contributed by atoms with Crippen LogP contribution in [0.2, 0.25) is 0 Å². The molecule has 0 aliphatic heterocycles. The maximum Gasteiger partial charge on any atom is 0.101 e. The number of hydrogen-bond donors (Lipinski definition) is 1. The quantitative estimate of drug-likeness (QED) is 0.917. The molecule has 2 aromatic rings. The van der Waals surface area contributed by atoms with Crippen LogP contribution in [0.1, 0.15) is 16.0 Å². The molecule has 4 heteroatoms. The molecule has 0 atom stereocenters. The minimum absolute atomic E-state index is 0.0381. The number of anilines is 1. The molecule has 0 saturated heterocycles. The SMILES string of the molecule is CN(Cc1cccs1)c1ccc(CO)cc1C#N. The van der Waals surface area contributed by atoms with Crippen molar-refractivity contribution in [1.82, 2.24) is 0 Å². The standard InChI is InChI=1S/C14H14N2OS/c1-16(9-13-3-2-6-18-13)14-5-4-11(10-17)7-12(14)8-15/h2-7,17H,9-10H2,1H3. The zero-order valence-electron chi connectivity index (χ0n) is 10.1. The van der Waals surface area contributed by atoms with E-state index in [9.17, 15) is 0 Å². The van der Waals surface area contributed by atoms with E-state index < -0.39 is 0 Å². The van der Waals surface area contributed by atoms with Crippen LogP contribution in [0.25, 0.3) is 0 Å². The molecule has 0 aliphatic rings. The predicted octanol–water partition coefficient (Wildman–Crippen LogP) is 2.75. The molecular weight excluding hydrogens is 244 g/mol. The number of nitriles is 1. The molecule has 1 N–H and O–H groups in total. The van der Waals surface area contributed by atoms with E-state index in [-0.39, 0.29) is 6.61 Å². The van der Waals surface area contributed by atoms with Gasteiger partial charge >= 0.3 is 0 Å². The topological polar surface area (TPSA) is 47.3 Å². The molecule has 2 rings (SSSR count). The van der Waals surface area contributed by atoms with Gasteiger partial charge in [-0.25, -0.2) is 0 Å². The minimum Gasteiger partial charge on any atom is -0.392 e. The predicted molar refractivity (Wildman–Crippen MR) is 73.5 cm³/mol. The van der Waals surface area contributed by atoms with Gasteiger partial charge in [-0.1, -0.05) is 12.1 Å². The van der Waals surface area contributed by atoms with Crippen LogP contribution >= 0.6 is 11.3 Å². The summed E-state index contributed by atoms with van der Waals surface area (Å²) >= 11 is 1.70. The van der Waals surface area contributed by atoms with Gasteiger partial charge in [0.2, 0.25) is 0 Å². The van der Waals surface area contributed by atoms with E-state index in [0.717, 1.165) is 17.8 Å².